The van der Waals surface area contributed by atoms with Crippen LogP contribution in [-0.4, -0.2) is 52.4 Å². The highest BCUT2D eigenvalue weighted by Gasteiger charge is 2.21. The number of ether oxygens (including phenoxy) is 1. The topological polar surface area (TPSA) is 125 Å². The number of rotatable bonds is 6. The predicted molar refractivity (Wildman–Crippen MR) is 146 cm³/mol. The second kappa shape index (κ2) is 10.3. The summed E-state index contributed by atoms with van der Waals surface area (Å²) in [6, 6.07) is 18.0. The standard InChI is InChI=1S/C28H28N8O2/c29-24(28(37)32-22-6-3-7-23(12-22)35-8-10-38-11-9-35)13-26-33-25(21-15-30-31-16-21)14-27(34-26)36-17-19-4-1-2-5-20(19)18-36/h1-7,12-16H,8-11,17-18,29H2,(H,30,31)(H,32,37). The number of nitrogens with one attached hydrogen (secondary N) is 2. The number of nitrogens with zero attached hydrogens (tertiary/aromatic N) is 5. The number of nitrogens with two attached hydrogens (primary N) is 1. The summed E-state index contributed by atoms with van der Waals surface area (Å²) in [5, 5.41) is 9.77. The second-order valence-electron chi connectivity index (χ2n) is 9.28. The quantitative estimate of drug-likeness (QED) is 0.339. The molecule has 6 rings (SSSR count). The van der Waals surface area contributed by atoms with Gasteiger partial charge in [-0.15, -0.1) is 0 Å². The van der Waals surface area contributed by atoms with E-state index in [1.807, 2.05) is 42.5 Å². The second-order valence-corrected chi connectivity index (χ2v) is 9.28. The highest BCUT2D eigenvalue weighted by molar-refractivity contribution is 6.06. The van der Waals surface area contributed by atoms with Crippen molar-refractivity contribution in [3.8, 4) is 11.3 Å². The number of carbonyl (C=O) groups is 1. The van der Waals surface area contributed by atoms with Gasteiger partial charge >= 0.3 is 0 Å². The van der Waals surface area contributed by atoms with Crippen LogP contribution in [0.15, 0.2) is 72.7 Å². The number of benzene rings is 2. The van der Waals surface area contributed by atoms with Crippen LogP contribution < -0.4 is 20.9 Å². The lowest BCUT2D eigenvalue weighted by molar-refractivity contribution is -0.112. The van der Waals surface area contributed by atoms with Crippen LogP contribution in [0.1, 0.15) is 17.0 Å². The van der Waals surface area contributed by atoms with Crippen LogP contribution in [0.4, 0.5) is 17.2 Å². The summed E-state index contributed by atoms with van der Waals surface area (Å²) in [5.41, 5.74) is 12.0. The van der Waals surface area contributed by atoms with Crippen molar-refractivity contribution in [1.82, 2.24) is 20.2 Å². The Bertz CT molecular complexity index is 1450. The Morgan fingerprint density at radius 3 is 2.53 bits per heavy atom. The number of morpholine rings is 1. The first-order chi connectivity index (χ1) is 18.6. The average Bonchev–Trinajstić information content (AvgIpc) is 3.64. The number of amides is 1. The SMILES string of the molecule is NC(=Cc1nc(-c2cn[nH]c2)cc(N2Cc3ccccc3C2)n1)C(=O)Nc1cccc(N2CCOCC2)c1. The van der Waals surface area contributed by atoms with E-state index < -0.39 is 5.91 Å². The van der Waals surface area contributed by atoms with Crippen LogP contribution in [0.5, 0.6) is 0 Å². The van der Waals surface area contributed by atoms with E-state index in [-0.39, 0.29) is 5.70 Å². The fraction of sp³-hybridized carbons (Fsp3) is 0.214. The van der Waals surface area contributed by atoms with Crippen LogP contribution >= 0.6 is 0 Å². The first-order valence-corrected chi connectivity index (χ1v) is 12.5. The Labute approximate surface area is 220 Å². The molecule has 2 aromatic heterocycles. The monoisotopic (exact) mass is 508 g/mol. The Balaban J connectivity index is 1.24. The van der Waals surface area contributed by atoms with Gasteiger partial charge in [0.2, 0.25) is 0 Å². The van der Waals surface area contributed by atoms with Gasteiger partial charge in [0.05, 0.1) is 25.1 Å². The summed E-state index contributed by atoms with van der Waals surface area (Å²) in [6.07, 6.45) is 4.99. The fourth-order valence-electron chi connectivity index (χ4n) is 4.72. The van der Waals surface area contributed by atoms with E-state index in [0.29, 0.717) is 30.4 Å². The molecular formula is C28H28N8O2. The number of anilines is 3. The van der Waals surface area contributed by atoms with E-state index in [1.165, 1.54) is 17.2 Å². The molecule has 0 saturated carbocycles. The molecule has 0 spiro atoms. The molecule has 1 amide bonds. The largest absolute Gasteiger partial charge is 0.394 e. The minimum Gasteiger partial charge on any atom is -0.394 e. The average molecular weight is 509 g/mol. The van der Waals surface area contributed by atoms with Crippen LogP contribution in [0, 0.1) is 0 Å². The first kappa shape index (κ1) is 23.7. The number of carbonyl (C=O) groups excluding carboxylic acids is 1. The van der Waals surface area contributed by atoms with Crippen molar-refractivity contribution in [2.75, 3.05) is 41.4 Å². The minimum absolute atomic E-state index is 0.0155. The van der Waals surface area contributed by atoms with Gasteiger partial charge in [0, 0.05) is 61.5 Å². The van der Waals surface area contributed by atoms with Crippen LogP contribution in [0.25, 0.3) is 17.3 Å². The summed E-state index contributed by atoms with van der Waals surface area (Å²) < 4.78 is 5.44. The van der Waals surface area contributed by atoms with E-state index in [2.05, 4.69) is 42.4 Å². The molecule has 38 heavy (non-hydrogen) atoms. The van der Waals surface area contributed by atoms with E-state index >= 15 is 0 Å². The van der Waals surface area contributed by atoms with Crippen LogP contribution in [-0.2, 0) is 22.6 Å². The van der Waals surface area contributed by atoms with Gasteiger partial charge in [-0.25, -0.2) is 9.97 Å². The molecule has 0 unspecified atom stereocenters. The van der Waals surface area contributed by atoms with Gasteiger partial charge in [-0.2, -0.15) is 5.10 Å². The smallest absolute Gasteiger partial charge is 0.271 e. The van der Waals surface area contributed by atoms with Gasteiger partial charge in [-0.1, -0.05) is 30.3 Å². The fourth-order valence-corrected chi connectivity index (χ4v) is 4.72. The number of aromatic nitrogens is 4. The summed E-state index contributed by atoms with van der Waals surface area (Å²) in [6.45, 7) is 4.50. The Hall–Kier alpha value is -4.70. The minimum atomic E-state index is -0.420. The van der Waals surface area contributed by atoms with Gasteiger partial charge < -0.3 is 25.6 Å². The molecule has 0 atom stereocenters. The highest BCUT2D eigenvalue weighted by atomic mass is 16.5. The summed E-state index contributed by atoms with van der Waals surface area (Å²) in [4.78, 5) is 26.8. The van der Waals surface area contributed by atoms with Crippen molar-refractivity contribution in [3.05, 3.63) is 89.6 Å². The van der Waals surface area contributed by atoms with E-state index in [1.54, 1.807) is 12.4 Å². The Kier molecular flexibility index (Phi) is 6.45. The molecule has 10 nitrogen and oxygen atoms in total. The summed E-state index contributed by atoms with van der Waals surface area (Å²) >= 11 is 0. The maximum absolute atomic E-state index is 13.0. The third-order valence-electron chi connectivity index (χ3n) is 6.72. The zero-order chi connectivity index (χ0) is 25.9. The molecule has 2 aliphatic heterocycles. The van der Waals surface area contributed by atoms with Crippen LogP contribution in [0.3, 0.4) is 0 Å². The highest BCUT2D eigenvalue weighted by Crippen LogP contribution is 2.29. The number of hydrogen-bond acceptors (Lipinski definition) is 8. The number of hydrogen-bond donors (Lipinski definition) is 3. The molecule has 1 saturated heterocycles. The van der Waals surface area contributed by atoms with Crippen molar-refractivity contribution in [1.29, 1.82) is 0 Å². The van der Waals surface area contributed by atoms with Crippen molar-refractivity contribution in [2.45, 2.75) is 13.1 Å². The molecule has 10 heteroatoms. The van der Waals surface area contributed by atoms with Crippen molar-refractivity contribution in [2.24, 2.45) is 5.73 Å². The maximum Gasteiger partial charge on any atom is 0.271 e. The Morgan fingerprint density at radius 1 is 1.00 bits per heavy atom. The molecule has 192 valence electrons. The molecule has 0 bridgehead atoms. The predicted octanol–water partition coefficient (Wildman–Crippen LogP) is 3.16. The van der Waals surface area contributed by atoms with Gasteiger partial charge in [0.1, 0.15) is 11.5 Å². The number of H-pyrrole nitrogens is 1. The molecule has 2 aliphatic rings. The van der Waals surface area contributed by atoms with Gasteiger partial charge in [-0.05, 0) is 29.3 Å². The molecule has 4 N–H and O–H groups in total. The number of fused-ring (bicyclic) bond motifs is 1. The third-order valence-corrected chi connectivity index (χ3v) is 6.72. The zero-order valence-corrected chi connectivity index (χ0v) is 20.8. The third kappa shape index (κ3) is 5.07. The number of aromatic amines is 1. The molecule has 4 aromatic rings. The van der Waals surface area contributed by atoms with E-state index in [9.17, 15) is 4.79 Å². The summed E-state index contributed by atoms with van der Waals surface area (Å²) in [7, 11) is 0. The van der Waals surface area contributed by atoms with Gasteiger partial charge in [-0.3, -0.25) is 9.89 Å². The van der Waals surface area contributed by atoms with E-state index in [0.717, 1.165) is 43.2 Å². The molecular weight excluding hydrogens is 480 g/mol. The van der Waals surface area contributed by atoms with Gasteiger partial charge in [0.25, 0.3) is 5.91 Å². The Morgan fingerprint density at radius 2 is 1.79 bits per heavy atom. The molecule has 2 aromatic carbocycles. The van der Waals surface area contributed by atoms with Gasteiger partial charge in [0.15, 0.2) is 5.82 Å². The van der Waals surface area contributed by atoms with E-state index in [4.69, 9.17) is 15.5 Å². The molecule has 0 radical (unpaired) electrons. The molecule has 4 heterocycles. The first-order valence-electron chi connectivity index (χ1n) is 12.5. The van der Waals surface area contributed by atoms with Crippen molar-refractivity contribution >= 4 is 29.2 Å². The molecule has 1 fully saturated rings. The van der Waals surface area contributed by atoms with Crippen LogP contribution in [0.2, 0.25) is 0 Å². The maximum atomic E-state index is 13.0. The van der Waals surface area contributed by atoms with Crippen molar-refractivity contribution in [3.63, 3.8) is 0 Å². The lowest BCUT2D eigenvalue weighted by Crippen LogP contribution is -2.36. The molecule has 0 aliphatic carbocycles. The normalized spacial score (nSPS) is 15.4. The van der Waals surface area contributed by atoms with Crippen molar-refractivity contribution < 1.29 is 9.53 Å². The zero-order valence-electron chi connectivity index (χ0n) is 20.8. The summed E-state index contributed by atoms with van der Waals surface area (Å²) in [5.74, 6) is 0.686. The lowest BCUT2D eigenvalue weighted by atomic mass is 10.1. The lowest BCUT2D eigenvalue weighted by Gasteiger charge is -2.29.